The number of halogens is 1. The van der Waals surface area contributed by atoms with Gasteiger partial charge in [-0.1, -0.05) is 29.8 Å². The molecule has 0 aliphatic heterocycles. The molecule has 0 radical (unpaired) electrons. The van der Waals surface area contributed by atoms with Gasteiger partial charge in [0.05, 0.1) is 6.04 Å². The number of fused-ring (bicyclic) bond motifs is 1. The van der Waals surface area contributed by atoms with E-state index in [4.69, 9.17) is 26.5 Å². The van der Waals surface area contributed by atoms with E-state index in [0.717, 1.165) is 33.1 Å². The normalized spacial score (nSPS) is 12.5. The minimum Gasteiger partial charge on any atom is -0.491 e. The van der Waals surface area contributed by atoms with E-state index in [-0.39, 0.29) is 6.04 Å². The fraction of sp³-hybridized carbons (Fsp3) is 0.176. The number of hydrogen-bond donors (Lipinski definition) is 1. The standard InChI is InChI=1S/C17H16ClNO2/c1-11-8-13(6-7-14(11)18)20-10-15(19)17-9-12-4-2-3-5-16(12)21-17/h2-9,15H,10,19H2,1H3. The summed E-state index contributed by atoms with van der Waals surface area (Å²) in [5, 5.41) is 1.77. The van der Waals surface area contributed by atoms with Crippen molar-refractivity contribution >= 4 is 22.6 Å². The molecule has 3 rings (SSSR count). The van der Waals surface area contributed by atoms with Crippen molar-refractivity contribution in [3.63, 3.8) is 0 Å². The van der Waals surface area contributed by atoms with Gasteiger partial charge in [0.2, 0.25) is 0 Å². The second-order valence-corrected chi connectivity index (χ2v) is 5.42. The minimum atomic E-state index is -0.312. The van der Waals surface area contributed by atoms with Gasteiger partial charge in [-0.25, -0.2) is 0 Å². The molecule has 2 N–H and O–H groups in total. The van der Waals surface area contributed by atoms with Gasteiger partial charge in [-0.15, -0.1) is 0 Å². The predicted octanol–water partition coefficient (Wildman–Crippen LogP) is 4.47. The van der Waals surface area contributed by atoms with E-state index in [1.807, 2.05) is 55.5 Å². The monoisotopic (exact) mass is 301 g/mol. The molecule has 1 unspecified atom stereocenters. The lowest BCUT2D eigenvalue weighted by Crippen LogP contribution is -2.18. The Morgan fingerprint density at radius 1 is 1.19 bits per heavy atom. The molecule has 0 aliphatic carbocycles. The molecule has 4 heteroatoms. The molecule has 1 heterocycles. The molecular weight excluding hydrogens is 286 g/mol. The zero-order chi connectivity index (χ0) is 14.8. The maximum Gasteiger partial charge on any atom is 0.134 e. The number of para-hydroxylation sites is 1. The SMILES string of the molecule is Cc1cc(OCC(N)c2cc3ccccc3o2)ccc1Cl. The second-order valence-electron chi connectivity index (χ2n) is 5.02. The third kappa shape index (κ3) is 3.04. The van der Waals surface area contributed by atoms with Crippen molar-refractivity contribution in [2.75, 3.05) is 6.61 Å². The average molecular weight is 302 g/mol. The number of hydrogen-bond acceptors (Lipinski definition) is 3. The topological polar surface area (TPSA) is 48.4 Å². The van der Waals surface area contributed by atoms with Gasteiger partial charge in [-0.2, -0.15) is 0 Å². The first-order valence-electron chi connectivity index (χ1n) is 6.76. The van der Waals surface area contributed by atoms with Gasteiger partial charge in [0.1, 0.15) is 23.7 Å². The average Bonchev–Trinajstić information content (AvgIpc) is 2.92. The Labute approximate surface area is 128 Å². The Hall–Kier alpha value is -1.97. The van der Waals surface area contributed by atoms with E-state index in [1.165, 1.54) is 0 Å². The van der Waals surface area contributed by atoms with Crippen LogP contribution in [0.1, 0.15) is 17.4 Å². The van der Waals surface area contributed by atoms with Crippen LogP contribution >= 0.6 is 11.6 Å². The van der Waals surface area contributed by atoms with Gasteiger partial charge in [-0.05, 0) is 42.8 Å². The summed E-state index contributed by atoms with van der Waals surface area (Å²) in [5.41, 5.74) is 7.95. The molecule has 21 heavy (non-hydrogen) atoms. The van der Waals surface area contributed by atoms with E-state index in [9.17, 15) is 0 Å². The molecule has 1 aromatic heterocycles. The summed E-state index contributed by atoms with van der Waals surface area (Å²) in [6.45, 7) is 2.29. The largest absolute Gasteiger partial charge is 0.491 e. The van der Waals surface area contributed by atoms with Crippen LogP contribution in [0.15, 0.2) is 52.9 Å². The molecule has 108 valence electrons. The Bertz CT molecular complexity index is 733. The van der Waals surface area contributed by atoms with Gasteiger partial charge >= 0.3 is 0 Å². The van der Waals surface area contributed by atoms with Crippen LogP contribution in [-0.2, 0) is 0 Å². The molecule has 0 aliphatic rings. The Balaban J connectivity index is 1.70. The summed E-state index contributed by atoms with van der Waals surface area (Å²) in [4.78, 5) is 0. The summed E-state index contributed by atoms with van der Waals surface area (Å²) in [7, 11) is 0. The van der Waals surface area contributed by atoms with Crippen LogP contribution in [0.4, 0.5) is 0 Å². The Morgan fingerprint density at radius 2 is 2.00 bits per heavy atom. The van der Waals surface area contributed by atoms with E-state index < -0.39 is 0 Å². The second kappa shape index (κ2) is 5.80. The van der Waals surface area contributed by atoms with Crippen molar-refractivity contribution < 1.29 is 9.15 Å². The maximum absolute atomic E-state index is 6.13. The highest BCUT2D eigenvalue weighted by atomic mass is 35.5. The zero-order valence-electron chi connectivity index (χ0n) is 11.7. The molecule has 0 fully saturated rings. The van der Waals surface area contributed by atoms with Crippen molar-refractivity contribution in [1.29, 1.82) is 0 Å². The van der Waals surface area contributed by atoms with Gasteiger partial charge in [0, 0.05) is 10.4 Å². The van der Waals surface area contributed by atoms with Crippen LogP contribution in [-0.4, -0.2) is 6.61 Å². The quantitative estimate of drug-likeness (QED) is 0.773. The fourth-order valence-electron chi connectivity index (χ4n) is 2.16. The highest BCUT2D eigenvalue weighted by molar-refractivity contribution is 6.31. The third-order valence-electron chi connectivity index (χ3n) is 3.37. The highest BCUT2D eigenvalue weighted by Crippen LogP contribution is 2.25. The molecule has 0 spiro atoms. The van der Waals surface area contributed by atoms with Crippen LogP contribution in [0.2, 0.25) is 5.02 Å². The lowest BCUT2D eigenvalue weighted by atomic mass is 10.2. The molecule has 1 atom stereocenters. The van der Waals surface area contributed by atoms with Gasteiger partial charge in [0.25, 0.3) is 0 Å². The van der Waals surface area contributed by atoms with Gasteiger partial charge < -0.3 is 14.9 Å². The lowest BCUT2D eigenvalue weighted by molar-refractivity contribution is 0.275. The number of benzene rings is 2. The number of aryl methyl sites for hydroxylation is 1. The van der Waals surface area contributed by atoms with E-state index >= 15 is 0 Å². The molecule has 0 saturated heterocycles. The molecule has 3 nitrogen and oxygen atoms in total. The molecule has 2 aromatic carbocycles. The Kier molecular flexibility index (Phi) is 3.86. The summed E-state index contributed by atoms with van der Waals surface area (Å²) in [6, 6.07) is 15.0. The first-order valence-corrected chi connectivity index (χ1v) is 7.14. The van der Waals surface area contributed by atoms with Crippen molar-refractivity contribution in [3.8, 4) is 5.75 Å². The fourth-order valence-corrected chi connectivity index (χ4v) is 2.28. The first-order chi connectivity index (χ1) is 10.1. The Morgan fingerprint density at radius 3 is 2.76 bits per heavy atom. The molecular formula is C17H16ClNO2. The number of ether oxygens (including phenoxy) is 1. The predicted molar refractivity (Wildman–Crippen MR) is 84.8 cm³/mol. The summed E-state index contributed by atoms with van der Waals surface area (Å²) in [6.07, 6.45) is 0. The summed E-state index contributed by atoms with van der Waals surface area (Å²) in [5.74, 6) is 1.48. The molecule has 0 saturated carbocycles. The van der Waals surface area contributed by atoms with Crippen LogP contribution in [0.5, 0.6) is 5.75 Å². The highest BCUT2D eigenvalue weighted by Gasteiger charge is 2.13. The van der Waals surface area contributed by atoms with Crippen LogP contribution < -0.4 is 10.5 Å². The van der Waals surface area contributed by atoms with E-state index in [1.54, 1.807) is 0 Å². The van der Waals surface area contributed by atoms with Crippen molar-refractivity contribution in [2.24, 2.45) is 5.73 Å². The molecule has 0 bridgehead atoms. The van der Waals surface area contributed by atoms with Crippen molar-refractivity contribution in [3.05, 3.63) is 64.9 Å². The summed E-state index contributed by atoms with van der Waals surface area (Å²) < 4.78 is 11.4. The minimum absolute atomic E-state index is 0.312. The lowest BCUT2D eigenvalue weighted by Gasteiger charge is -2.11. The summed E-state index contributed by atoms with van der Waals surface area (Å²) >= 11 is 5.99. The van der Waals surface area contributed by atoms with Crippen LogP contribution in [0, 0.1) is 6.92 Å². The smallest absolute Gasteiger partial charge is 0.134 e. The van der Waals surface area contributed by atoms with Crippen LogP contribution in [0.25, 0.3) is 11.0 Å². The molecule has 0 amide bonds. The maximum atomic E-state index is 6.13. The van der Waals surface area contributed by atoms with Gasteiger partial charge in [0.15, 0.2) is 0 Å². The zero-order valence-corrected chi connectivity index (χ0v) is 12.4. The van der Waals surface area contributed by atoms with Crippen molar-refractivity contribution in [2.45, 2.75) is 13.0 Å². The molecule has 3 aromatic rings. The number of furan rings is 1. The van der Waals surface area contributed by atoms with E-state index in [0.29, 0.717) is 6.61 Å². The first kappa shape index (κ1) is 14.0. The third-order valence-corrected chi connectivity index (χ3v) is 3.79. The van der Waals surface area contributed by atoms with Crippen LogP contribution in [0.3, 0.4) is 0 Å². The van der Waals surface area contributed by atoms with Gasteiger partial charge in [-0.3, -0.25) is 0 Å². The van der Waals surface area contributed by atoms with Crippen molar-refractivity contribution in [1.82, 2.24) is 0 Å². The van der Waals surface area contributed by atoms with E-state index in [2.05, 4.69) is 0 Å². The number of rotatable bonds is 4. The number of nitrogens with two attached hydrogens (primary N) is 1.